The summed E-state index contributed by atoms with van der Waals surface area (Å²) in [5, 5.41) is 32.5. The number of aliphatic carboxylic acids is 2. The van der Waals surface area contributed by atoms with Gasteiger partial charge in [-0.05, 0) is 0 Å². The SMILES string of the molecule is O=C(O)[C@H](O)[C@@H](O)C(=O)O.[Na].[Na]. The van der Waals surface area contributed by atoms with Crippen LogP contribution in [0.2, 0.25) is 0 Å². The molecule has 0 fully saturated rings. The van der Waals surface area contributed by atoms with E-state index in [2.05, 4.69) is 0 Å². The van der Waals surface area contributed by atoms with Crippen LogP contribution in [-0.4, -0.2) is 104 Å². The fourth-order valence-corrected chi connectivity index (χ4v) is 0.270. The summed E-state index contributed by atoms with van der Waals surface area (Å²) in [6.07, 6.45) is -4.53. The Hall–Kier alpha value is 0.860. The van der Waals surface area contributed by atoms with Crippen LogP contribution >= 0.6 is 0 Å². The largest absolute Gasteiger partial charge is 0.479 e. The van der Waals surface area contributed by atoms with Gasteiger partial charge < -0.3 is 20.4 Å². The Labute approximate surface area is 112 Å². The predicted molar refractivity (Wildman–Crippen MR) is 38.8 cm³/mol. The van der Waals surface area contributed by atoms with Crippen LogP contribution in [-0.2, 0) is 9.59 Å². The molecule has 0 aliphatic rings. The number of carboxylic acids is 2. The molecule has 0 saturated carbocycles. The topological polar surface area (TPSA) is 115 Å². The van der Waals surface area contributed by atoms with Gasteiger partial charge in [0.25, 0.3) is 0 Å². The van der Waals surface area contributed by atoms with E-state index in [0.29, 0.717) is 0 Å². The third-order valence-corrected chi connectivity index (χ3v) is 0.805. The van der Waals surface area contributed by atoms with Crippen LogP contribution in [0, 0.1) is 0 Å². The third-order valence-electron chi connectivity index (χ3n) is 0.805. The zero-order valence-electron chi connectivity index (χ0n) is 6.76. The Kier molecular flexibility index (Phi) is 13.1. The molecule has 6 nitrogen and oxygen atoms in total. The van der Waals surface area contributed by atoms with Crippen molar-refractivity contribution in [2.24, 2.45) is 0 Å². The molecule has 0 saturated heterocycles. The zero-order chi connectivity index (χ0) is 8.31. The third kappa shape index (κ3) is 6.38. The zero-order valence-corrected chi connectivity index (χ0v) is 10.8. The van der Waals surface area contributed by atoms with E-state index in [9.17, 15) is 9.59 Å². The maximum Gasteiger partial charge on any atom is 0.335 e. The van der Waals surface area contributed by atoms with Crippen molar-refractivity contribution >= 4 is 71.1 Å². The van der Waals surface area contributed by atoms with Gasteiger partial charge in [-0.15, -0.1) is 0 Å². The number of aliphatic hydroxyl groups is 2. The van der Waals surface area contributed by atoms with Gasteiger partial charge in [0.05, 0.1) is 0 Å². The first-order valence-corrected chi connectivity index (χ1v) is 2.28. The molecule has 0 aromatic carbocycles. The summed E-state index contributed by atoms with van der Waals surface area (Å²) < 4.78 is 0. The van der Waals surface area contributed by atoms with Gasteiger partial charge in [-0.25, -0.2) is 9.59 Å². The molecule has 8 heteroatoms. The molecule has 0 unspecified atom stereocenters. The second-order valence-corrected chi connectivity index (χ2v) is 1.57. The molecule has 12 heavy (non-hydrogen) atoms. The van der Waals surface area contributed by atoms with E-state index >= 15 is 0 Å². The van der Waals surface area contributed by atoms with Crippen LogP contribution in [0.4, 0.5) is 0 Å². The Morgan fingerprint density at radius 2 is 1.00 bits per heavy atom. The molecule has 60 valence electrons. The van der Waals surface area contributed by atoms with Crippen LogP contribution in [0.1, 0.15) is 0 Å². The fourth-order valence-electron chi connectivity index (χ4n) is 0.270. The van der Waals surface area contributed by atoms with Gasteiger partial charge in [-0.1, -0.05) is 0 Å². The first kappa shape index (κ1) is 18.6. The van der Waals surface area contributed by atoms with Crippen molar-refractivity contribution in [3.8, 4) is 0 Å². The van der Waals surface area contributed by atoms with Crippen LogP contribution in [0.5, 0.6) is 0 Å². The molecule has 0 bridgehead atoms. The average molecular weight is 196 g/mol. The van der Waals surface area contributed by atoms with E-state index in [1.165, 1.54) is 0 Å². The van der Waals surface area contributed by atoms with Crippen LogP contribution < -0.4 is 0 Å². The first-order valence-electron chi connectivity index (χ1n) is 2.28. The van der Waals surface area contributed by atoms with E-state index in [-0.39, 0.29) is 59.1 Å². The fraction of sp³-hybridized carbons (Fsp3) is 0.500. The Morgan fingerprint density at radius 1 is 0.833 bits per heavy atom. The molecule has 0 aromatic rings. The van der Waals surface area contributed by atoms with Crippen molar-refractivity contribution in [1.29, 1.82) is 0 Å². The van der Waals surface area contributed by atoms with Crippen molar-refractivity contribution in [1.82, 2.24) is 0 Å². The number of rotatable bonds is 3. The van der Waals surface area contributed by atoms with Crippen molar-refractivity contribution in [2.75, 3.05) is 0 Å². The Bertz CT molecular complexity index is 142. The van der Waals surface area contributed by atoms with Gasteiger partial charge in [0.2, 0.25) is 0 Å². The van der Waals surface area contributed by atoms with Gasteiger partial charge in [-0.3, -0.25) is 0 Å². The number of hydrogen-bond donors (Lipinski definition) is 4. The summed E-state index contributed by atoms with van der Waals surface area (Å²) in [6.45, 7) is 0. The van der Waals surface area contributed by atoms with Crippen molar-refractivity contribution < 1.29 is 30.0 Å². The molecular weight excluding hydrogens is 190 g/mol. The summed E-state index contributed by atoms with van der Waals surface area (Å²) in [4.78, 5) is 19.5. The molecule has 0 spiro atoms. The molecule has 0 aliphatic heterocycles. The minimum Gasteiger partial charge on any atom is -0.479 e. The maximum atomic E-state index is 9.77. The monoisotopic (exact) mass is 196 g/mol. The van der Waals surface area contributed by atoms with Crippen LogP contribution in [0.3, 0.4) is 0 Å². The van der Waals surface area contributed by atoms with Gasteiger partial charge in [0, 0.05) is 59.1 Å². The van der Waals surface area contributed by atoms with Crippen LogP contribution in [0.15, 0.2) is 0 Å². The molecule has 0 aliphatic carbocycles. The Morgan fingerprint density at radius 3 is 1.08 bits per heavy atom. The van der Waals surface area contributed by atoms with Gasteiger partial charge in [0.15, 0.2) is 12.2 Å². The average Bonchev–Trinajstić information content (AvgIpc) is 1.84. The molecule has 0 aromatic heterocycles. The quantitative estimate of drug-likeness (QED) is 0.360. The minimum atomic E-state index is -2.27. The summed E-state index contributed by atoms with van der Waals surface area (Å²) in [7, 11) is 0. The van der Waals surface area contributed by atoms with E-state index in [1.54, 1.807) is 0 Å². The smallest absolute Gasteiger partial charge is 0.335 e. The molecule has 0 rings (SSSR count). The van der Waals surface area contributed by atoms with Gasteiger partial charge >= 0.3 is 11.9 Å². The summed E-state index contributed by atoms with van der Waals surface area (Å²) in [5.74, 6) is -3.54. The number of aliphatic hydroxyl groups excluding tert-OH is 2. The van der Waals surface area contributed by atoms with Gasteiger partial charge in [-0.2, -0.15) is 0 Å². The molecule has 2 radical (unpaired) electrons. The number of carbonyl (C=O) groups is 2. The van der Waals surface area contributed by atoms with Crippen molar-refractivity contribution in [2.45, 2.75) is 12.2 Å². The second kappa shape index (κ2) is 8.46. The first-order chi connectivity index (χ1) is 4.46. The van der Waals surface area contributed by atoms with E-state index < -0.39 is 24.1 Å². The predicted octanol–water partition coefficient (Wildman–Crippen LogP) is -2.88. The molecule has 4 N–H and O–H groups in total. The molecule has 0 heterocycles. The summed E-state index contributed by atoms with van der Waals surface area (Å²) in [5.41, 5.74) is 0. The molecule has 0 amide bonds. The van der Waals surface area contributed by atoms with Crippen LogP contribution in [0.25, 0.3) is 0 Å². The standard InChI is InChI=1S/C4H6O6.2Na/c5-1(3(7)8)2(6)4(9)10;;/h1-2,5-6H,(H,7,8)(H,9,10);;/t1-,2-;;/m1../s1. The van der Waals surface area contributed by atoms with Gasteiger partial charge in [0.1, 0.15) is 0 Å². The Balaban J connectivity index is -0.000000405. The summed E-state index contributed by atoms with van der Waals surface area (Å²) in [6, 6.07) is 0. The number of hydrogen-bond acceptors (Lipinski definition) is 4. The minimum absolute atomic E-state index is 0. The summed E-state index contributed by atoms with van der Waals surface area (Å²) >= 11 is 0. The normalized spacial score (nSPS) is 13.2. The van der Waals surface area contributed by atoms with Crippen molar-refractivity contribution in [3.63, 3.8) is 0 Å². The van der Waals surface area contributed by atoms with Crippen molar-refractivity contribution in [3.05, 3.63) is 0 Å². The molecular formula is C4H6Na2O6. The number of carboxylic acid groups (broad SMARTS) is 2. The molecule has 2 atom stereocenters. The van der Waals surface area contributed by atoms with E-state index in [1.807, 2.05) is 0 Å². The second-order valence-electron chi connectivity index (χ2n) is 1.57. The van der Waals surface area contributed by atoms with E-state index in [0.717, 1.165) is 0 Å². The maximum absolute atomic E-state index is 9.77. The van der Waals surface area contributed by atoms with E-state index in [4.69, 9.17) is 20.4 Å².